The first kappa shape index (κ1) is 10.5. The number of fused-ring (bicyclic) bond motifs is 1. The zero-order valence-electron chi connectivity index (χ0n) is 9.97. The van der Waals surface area contributed by atoms with Gasteiger partial charge in [0.15, 0.2) is 0 Å². The molecule has 3 fully saturated rings. The van der Waals surface area contributed by atoms with E-state index in [-0.39, 0.29) is 6.10 Å². The van der Waals surface area contributed by atoms with E-state index in [1.165, 1.54) is 42.9 Å². The summed E-state index contributed by atoms with van der Waals surface area (Å²) in [6, 6.07) is 0.689. The van der Waals surface area contributed by atoms with Crippen LogP contribution in [0.25, 0.3) is 0 Å². The van der Waals surface area contributed by atoms with Gasteiger partial charge in [0.1, 0.15) is 11.1 Å². The number of rotatable bonds is 2. The predicted octanol–water partition coefficient (Wildman–Crippen LogP) is 2.56. The molecule has 2 unspecified atom stereocenters. The van der Waals surface area contributed by atoms with Crippen LogP contribution in [0.2, 0.25) is 0 Å². The molecule has 1 aromatic heterocycles. The van der Waals surface area contributed by atoms with Gasteiger partial charge in [0, 0.05) is 23.9 Å². The lowest BCUT2D eigenvalue weighted by molar-refractivity contribution is -0.0502. The average Bonchev–Trinajstić information content (AvgIpc) is 2.93. The van der Waals surface area contributed by atoms with E-state index < -0.39 is 0 Å². The standard InChI is InChI=1S/C13H18N2OS/c1-2-10-7-16-12(6-15(10)5-1)13-14-11(8-17-13)9-3-4-9/h8-10,12H,1-7H2. The van der Waals surface area contributed by atoms with Crippen LogP contribution >= 0.6 is 11.3 Å². The van der Waals surface area contributed by atoms with Crippen molar-refractivity contribution < 1.29 is 4.74 Å². The molecule has 2 atom stereocenters. The Labute approximate surface area is 106 Å². The van der Waals surface area contributed by atoms with Gasteiger partial charge in [-0.2, -0.15) is 0 Å². The van der Waals surface area contributed by atoms with E-state index in [4.69, 9.17) is 9.72 Å². The molecule has 3 nitrogen and oxygen atoms in total. The largest absolute Gasteiger partial charge is 0.368 e. The summed E-state index contributed by atoms with van der Waals surface area (Å²) in [6.07, 6.45) is 5.57. The lowest BCUT2D eigenvalue weighted by Gasteiger charge is -2.34. The summed E-state index contributed by atoms with van der Waals surface area (Å²) in [4.78, 5) is 7.37. The van der Waals surface area contributed by atoms with Gasteiger partial charge in [0.2, 0.25) is 0 Å². The molecule has 0 radical (unpaired) electrons. The number of morpholine rings is 1. The maximum atomic E-state index is 6.00. The maximum absolute atomic E-state index is 6.00. The highest BCUT2D eigenvalue weighted by atomic mass is 32.1. The Bertz CT molecular complexity index is 415. The van der Waals surface area contributed by atoms with Gasteiger partial charge in [-0.05, 0) is 32.2 Å². The van der Waals surface area contributed by atoms with Crippen molar-refractivity contribution in [3.05, 3.63) is 16.1 Å². The van der Waals surface area contributed by atoms with E-state index in [1.807, 2.05) is 0 Å². The minimum Gasteiger partial charge on any atom is -0.368 e. The van der Waals surface area contributed by atoms with E-state index in [9.17, 15) is 0 Å². The summed E-state index contributed by atoms with van der Waals surface area (Å²) in [5, 5.41) is 3.45. The molecule has 2 aliphatic heterocycles. The molecule has 0 aromatic carbocycles. The molecule has 1 saturated carbocycles. The average molecular weight is 250 g/mol. The molecule has 4 rings (SSSR count). The lowest BCUT2D eigenvalue weighted by Crippen LogP contribution is -2.42. The Morgan fingerprint density at radius 2 is 2.29 bits per heavy atom. The van der Waals surface area contributed by atoms with E-state index >= 15 is 0 Å². The monoisotopic (exact) mass is 250 g/mol. The molecule has 2 saturated heterocycles. The van der Waals surface area contributed by atoms with Crippen LogP contribution in [0.4, 0.5) is 0 Å². The second-order valence-electron chi connectivity index (χ2n) is 5.50. The van der Waals surface area contributed by atoms with Crippen LogP contribution < -0.4 is 0 Å². The fourth-order valence-corrected chi connectivity index (χ4v) is 3.92. The molecule has 0 bridgehead atoms. The Morgan fingerprint density at radius 3 is 3.18 bits per heavy atom. The molecule has 92 valence electrons. The first-order valence-corrected chi connectivity index (χ1v) is 7.59. The first-order chi connectivity index (χ1) is 8.40. The Balaban J connectivity index is 1.49. The number of aromatic nitrogens is 1. The fraction of sp³-hybridized carbons (Fsp3) is 0.769. The number of nitrogens with zero attached hydrogens (tertiary/aromatic N) is 2. The maximum Gasteiger partial charge on any atom is 0.123 e. The van der Waals surface area contributed by atoms with Gasteiger partial charge in [-0.1, -0.05) is 0 Å². The third-order valence-corrected chi connectivity index (χ3v) is 5.15. The minimum atomic E-state index is 0.238. The van der Waals surface area contributed by atoms with Crippen molar-refractivity contribution in [3.63, 3.8) is 0 Å². The molecule has 3 heterocycles. The van der Waals surface area contributed by atoms with Crippen molar-refractivity contribution in [2.24, 2.45) is 0 Å². The fourth-order valence-electron chi connectivity index (χ4n) is 2.98. The van der Waals surface area contributed by atoms with Crippen molar-refractivity contribution in [2.45, 2.75) is 43.7 Å². The molecular weight excluding hydrogens is 232 g/mol. The summed E-state index contributed by atoms with van der Waals surface area (Å²) in [5.41, 5.74) is 1.32. The van der Waals surface area contributed by atoms with Crippen LogP contribution in [0, 0.1) is 0 Å². The van der Waals surface area contributed by atoms with Crippen LogP contribution in [-0.2, 0) is 4.74 Å². The highest BCUT2D eigenvalue weighted by Crippen LogP contribution is 2.41. The van der Waals surface area contributed by atoms with Crippen LogP contribution in [0.1, 0.15) is 48.4 Å². The lowest BCUT2D eigenvalue weighted by atomic mass is 10.2. The predicted molar refractivity (Wildman–Crippen MR) is 67.4 cm³/mol. The van der Waals surface area contributed by atoms with Crippen LogP contribution in [0.5, 0.6) is 0 Å². The SMILES string of the molecule is c1sc(C2CN3CCCC3CO2)nc1C1CC1. The number of ether oxygens (including phenoxy) is 1. The number of thiazole rings is 1. The van der Waals surface area contributed by atoms with Gasteiger partial charge in [-0.15, -0.1) is 11.3 Å². The molecule has 0 spiro atoms. The van der Waals surface area contributed by atoms with Crippen LogP contribution in [0.3, 0.4) is 0 Å². The topological polar surface area (TPSA) is 25.4 Å². The Morgan fingerprint density at radius 1 is 1.35 bits per heavy atom. The van der Waals surface area contributed by atoms with E-state index in [0.29, 0.717) is 6.04 Å². The summed E-state index contributed by atoms with van der Waals surface area (Å²) in [7, 11) is 0. The molecule has 1 aliphatic carbocycles. The van der Waals surface area contributed by atoms with Crippen molar-refractivity contribution in [3.8, 4) is 0 Å². The second kappa shape index (κ2) is 4.04. The van der Waals surface area contributed by atoms with Crippen molar-refractivity contribution >= 4 is 11.3 Å². The number of hydrogen-bond acceptors (Lipinski definition) is 4. The normalized spacial score (nSPS) is 33.9. The minimum absolute atomic E-state index is 0.238. The van der Waals surface area contributed by atoms with Crippen molar-refractivity contribution in [2.75, 3.05) is 19.7 Å². The van der Waals surface area contributed by atoms with E-state index in [2.05, 4.69) is 10.3 Å². The zero-order valence-corrected chi connectivity index (χ0v) is 10.8. The third kappa shape index (κ3) is 1.92. The Kier molecular flexibility index (Phi) is 2.49. The van der Waals surface area contributed by atoms with Gasteiger partial charge >= 0.3 is 0 Å². The second-order valence-corrected chi connectivity index (χ2v) is 6.39. The summed E-state index contributed by atoms with van der Waals surface area (Å²) in [5.74, 6) is 0.767. The molecule has 1 aromatic rings. The smallest absolute Gasteiger partial charge is 0.123 e. The highest BCUT2D eigenvalue weighted by Gasteiger charge is 2.35. The summed E-state index contributed by atoms with van der Waals surface area (Å²) >= 11 is 1.80. The van der Waals surface area contributed by atoms with Crippen molar-refractivity contribution in [1.82, 2.24) is 9.88 Å². The van der Waals surface area contributed by atoms with Crippen molar-refractivity contribution in [1.29, 1.82) is 0 Å². The van der Waals surface area contributed by atoms with Crippen LogP contribution in [0.15, 0.2) is 5.38 Å². The van der Waals surface area contributed by atoms with E-state index in [1.54, 1.807) is 11.3 Å². The molecule has 4 heteroatoms. The van der Waals surface area contributed by atoms with Gasteiger partial charge in [-0.25, -0.2) is 4.98 Å². The summed E-state index contributed by atoms with van der Waals surface area (Å²) in [6.45, 7) is 3.22. The third-order valence-electron chi connectivity index (χ3n) is 4.20. The first-order valence-electron chi connectivity index (χ1n) is 6.71. The number of hydrogen-bond donors (Lipinski definition) is 0. The Hall–Kier alpha value is -0.450. The van der Waals surface area contributed by atoms with Gasteiger partial charge in [-0.3, -0.25) is 4.90 Å². The van der Waals surface area contributed by atoms with Gasteiger partial charge < -0.3 is 4.74 Å². The highest BCUT2D eigenvalue weighted by molar-refractivity contribution is 7.09. The molecule has 0 amide bonds. The zero-order chi connectivity index (χ0) is 11.2. The van der Waals surface area contributed by atoms with E-state index in [0.717, 1.165) is 19.1 Å². The molecule has 17 heavy (non-hydrogen) atoms. The van der Waals surface area contributed by atoms with Crippen LogP contribution in [-0.4, -0.2) is 35.6 Å². The molecule has 0 N–H and O–H groups in total. The molecular formula is C13H18N2OS. The summed E-state index contributed by atoms with van der Waals surface area (Å²) < 4.78 is 6.00. The quantitative estimate of drug-likeness (QED) is 0.806. The van der Waals surface area contributed by atoms with Gasteiger partial charge in [0.05, 0.1) is 12.3 Å². The van der Waals surface area contributed by atoms with Gasteiger partial charge in [0.25, 0.3) is 0 Å². The molecule has 3 aliphatic rings.